The van der Waals surface area contributed by atoms with E-state index in [9.17, 15) is 17.6 Å². The van der Waals surface area contributed by atoms with Gasteiger partial charge in [-0.15, -0.1) is 0 Å². The summed E-state index contributed by atoms with van der Waals surface area (Å²) in [6.07, 6.45) is -1.83. The Morgan fingerprint density at radius 3 is 2.22 bits per heavy atom. The van der Waals surface area contributed by atoms with Crippen LogP contribution in [-0.4, -0.2) is 0 Å². The molecule has 1 aromatic rings. The van der Waals surface area contributed by atoms with Crippen molar-refractivity contribution in [3.8, 4) is 0 Å². The number of halogens is 4. The molecule has 0 aromatic heterocycles. The van der Waals surface area contributed by atoms with Crippen molar-refractivity contribution < 1.29 is 17.6 Å². The predicted molar refractivity (Wildman–Crippen MR) is 64.7 cm³/mol. The predicted octanol–water partition coefficient (Wildman–Crippen LogP) is 5.05. The van der Waals surface area contributed by atoms with E-state index < -0.39 is 17.6 Å². The zero-order valence-corrected chi connectivity index (χ0v) is 10.5. The van der Waals surface area contributed by atoms with Gasteiger partial charge in [0, 0.05) is 5.56 Å². The second-order valence-electron chi connectivity index (χ2n) is 4.00. The average molecular weight is 258 g/mol. The molecule has 4 heteroatoms. The molecule has 0 heterocycles. The van der Waals surface area contributed by atoms with Gasteiger partial charge in [0.2, 0.25) is 0 Å². The fraction of sp³-hybridized carbons (Fsp3) is 0.286. The summed E-state index contributed by atoms with van der Waals surface area (Å²) in [5.74, 6) is -1.24. The third-order valence-electron chi connectivity index (χ3n) is 2.91. The average Bonchev–Trinajstić information content (AvgIpc) is 2.25. The van der Waals surface area contributed by atoms with Gasteiger partial charge in [0.1, 0.15) is 5.82 Å². The maximum atomic E-state index is 14.0. The van der Waals surface area contributed by atoms with Crippen LogP contribution in [0.1, 0.15) is 29.2 Å². The lowest BCUT2D eigenvalue weighted by Crippen LogP contribution is -2.13. The quantitative estimate of drug-likeness (QED) is 0.514. The second kappa shape index (κ2) is 4.96. The Balaban J connectivity index is 3.70. The molecule has 0 saturated heterocycles. The van der Waals surface area contributed by atoms with Crippen LogP contribution in [0.2, 0.25) is 0 Å². The first-order valence-corrected chi connectivity index (χ1v) is 5.40. The molecule has 18 heavy (non-hydrogen) atoms. The lowest BCUT2D eigenvalue weighted by atomic mass is 9.94. The van der Waals surface area contributed by atoms with Crippen molar-refractivity contribution in [3.63, 3.8) is 0 Å². The van der Waals surface area contributed by atoms with E-state index >= 15 is 0 Å². The highest BCUT2D eigenvalue weighted by Crippen LogP contribution is 2.38. The molecule has 0 amide bonds. The highest BCUT2D eigenvalue weighted by Gasteiger charge is 2.37. The number of aryl methyl sites for hydroxylation is 1. The molecule has 0 unspecified atom stereocenters. The van der Waals surface area contributed by atoms with Gasteiger partial charge in [0.05, 0.1) is 5.56 Å². The van der Waals surface area contributed by atoms with Gasteiger partial charge < -0.3 is 0 Å². The largest absolute Gasteiger partial charge is 0.419 e. The first-order chi connectivity index (χ1) is 8.23. The fourth-order valence-corrected chi connectivity index (χ4v) is 1.81. The van der Waals surface area contributed by atoms with Crippen LogP contribution in [0, 0.1) is 19.7 Å². The Morgan fingerprint density at radius 2 is 1.83 bits per heavy atom. The summed E-state index contributed by atoms with van der Waals surface area (Å²) in [7, 11) is 0. The molecule has 1 rings (SSSR count). The molecule has 0 aliphatic carbocycles. The molecule has 0 aliphatic rings. The first kappa shape index (κ1) is 14.5. The highest BCUT2D eigenvalue weighted by molar-refractivity contribution is 5.75. The zero-order valence-electron chi connectivity index (χ0n) is 10.5. The first-order valence-electron chi connectivity index (χ1n) is 5.40. The molecular weight excluding hydrogens is 244 g/mol. The lowest BCUT2D eigenvalue weighted by Gasteiger charge is -2.17. The Labute approximate surface area is 104 Å². The molecule has 0 N–H and O–H groups in total. The number of benzene rings is 1. The van der Waals surface area contributed by atoms with E-state index in [-0.39, 0.29) is 11.1 Å². The van der Waals surface area contributed by atoms with E-state index in [1.54, 1.807) is 6.92 Å². The minimum atomic E-state index is -4.70. The molecule has 0 bridgehead atoms. The minimum absolute atomic E-state index is 0.0667. The van der Waals surface area contributed by atoms with E-state index in [1.807, 2.05) is 0 Å². The molecule has 0 spiro atoms. The molecule has 0 atom stereocenters. The summed E-state index contributed by atoms with van der Waals surface area (Å²) in [6.45, 7) is 7.90. The Morgan fingerprint density at radius 1 is 1.28 bits per heavy atom. The van der Waals surface area contributed by atoms with Gasteiger partial charge in [-0.3, -0.25) is 0 Å². The molecule has 1 aromatic carbocycles. The van der Waals surface area contributed by atoms with E-state index in [0.29, 0.717) is 11.1 Å². The maximum absolute atomic E-state index is 14.0. The number of rotatable bonds is 2. The van der Waals surface area contributed by atoms with E-state index in [1.165, 1.54) is 32.1 Å². The fourth-order valence-electron chi connectivity index (χ4n) is 1.81. The van der Waals surface area contributed by atoms with Crippen molar-refractivity contribution in [1.82, 2.24) is 0 Å². The van der Waals surface area contributed by atoms with E-state index in [0.717, 1.165) is 0 Å². The molecule has 0 fully saturated rings. The third-order valence-corrected chi connectivity index (χ3v) is 2.91. The monoisotopic (exact) mass is 258 g/mol. The van der Waals surface area contributed by atoms with Crippen LogP contribution >= 0.6 is 0 Å². The van der Waals surface area contributed by atoms with Gasteiger partial charge >= 0.3 is 6.18 Å². The minimum Gasteiger partial charge on any atom is -0.206 e. The van der Waals surface area contributed by atoms with Gasteiger partial charge in [0.25, 0.3) is 0 Å². The number of hydrogen-bond donors (Lipinski definition) is 0. The van der Waals surface area contributed by atoms with Crippen LogP contribution in [0.4, 0.5) is 17.6 Å². The highest BCUT2D eigenvalue weighted by atomic mass is 19.4. The maximum Gasteiger partial charge on any atom is 0.419 e. The van der Waals surface area contributed by atoms with Crippen molar-refractivity contribution in [1.29, 1.82) is 0 Å². The van der Waals surface area contributed by atoms with Crippen LogP contribution < -0.4 is 0 Å². The summed E-state index contributed by atoms with van der Waals surface area (Å²) in [5, 5.41) is 0. The van der Waals surface area contributed by atoms with Gasteiger partial charge in [0.15, 0.2) is 0 Å². The topological polar surface area (TPSA) is 0 Å². The van der Waals surface area contributed by atoms with Crippen LogP contribution in [-0.2, 0) is 6.18 Å². The van der Waals surface area contributed by atoms with E-state index in [4.69, 9.17) is 0 Å². The lowest BCUT2D eigenvalue weighted by molar-refractivity contribution is -0.140. The van der Waals surface area contributed by atoms with Crippen molar-refractivity contribution in [2.45, 2.75) is 26.9 Å². The smallest absolute Gasteiger partial charge is 0.206 e. The second-order valence-corrected chi connectivity index (χ2v) is 4.00. The third kappa shape index (κ3) is 2.47. The number of alkyl halides is 3. The Bertz CT molecular complexity index is 508. The summed E-state index contributed by atoms with van der Waals surface area (Å²) in [4.78, 5) is 0. The number of hydrogen-bond acceptors (Lipinski definition) is 0. The van der Waals surface area contributed by atoms with Gasteiger partial charge in [-0.05, 0) is 43.5 Å². The molecule has 0 nitrogen and oxygen atoms in total. The number of allylic oxidation sites excluding steroid dienone is 3. The molecule has 98 valence electrons. The van der Waals surface area contributed by atoms with Crippen molar-refractivity contribution in [3.05, 3.63) is 52.9 Å². The van der Waals surface area contributed by atoms with Crippen molar-refractivity contribution in [2.24, 2.45) is 0 Å². The van der Waals surface area contributed by atoms with Crippen LogP contribution in [0.25, 0.3) is 5.57 Å². The van der Waals surface area contributed by atoms with Crippen LogP contribution in [0.3, 0.4) is 0 Å². The van der Waals surface area contributed by atoms with Gasteiger partial charge in [-0.1, -0.05) is 18.7 Å². The summed E-state index contributed by atoms with van der Waals surface area (Å²) < 4.78 is 52.6. The summed E-state index contributed by atoms with van der Waals surface area (Å²) >= 11 is 0. The van der Waals surface area contributed by atoms with E-state index in [2.05, 4.69) is 6.58 Å². The van der Waals surface area contributed by atoms with Crippen LogP contribution in [0.15, 0.2) is 24.8 Å². The molecule has 0 saturated carbocycles. The Kier molecular flexibility index (Phi) is 3.99. The molecule has 0 aliphatic heterocycles. The summed E-state index contributed by atoms with van der Waals surface area (Å²) in [5.41, 5.74) is -0.592. The van der Waals surface area contributed by atoms with Gasteiger partial charge in [-0.25, -0.2) is 4.39 Å². The van der Waals surface area contributed by atoms with Crippen molar-refractivity contribution >= 4 is 5.57 Å². The van der Waals surface area contributed by atoms with Crippen molar-refractivity contribution in [2.75, 3.05) is 0 Å². The molecular formula is C14H14F4. The SMILES string of the molecule is C=C/C(=C\C)c1cc(C)c(C)c(C(F)(F)F)c1F. The Hall–Kier alpha value is -1.58. The molecule has 0 radical (unpaired) electrons. The standard InChI is InChI=1S/C14H14F4/c1-5-10(6-2)11-7-8(3)9(4)12(13(11)15)14(16,17)18/h5-7H,1H2,2-4H3/b10-6+. The zero-order chi connectivity index (χ0) is 14.1. The normalized spacial score (nSPS) is 12.7. The van der Waals surface area contributed by atoms with Crippen LogP contribution in [0.5, 0.6) is 0 Å². The van der Waals surface area contributed by atoms with Gasteiger partial charge in [-0.2, -0.15) is 13.2 Å². The summed E-state index contributed by atoms with van der Waals surface area (Å²) in [6, 6.07) is 1.41.